The molecule has 0 aliphatic carbocycles. The molecule has 0 spiro atoms. The Morgan fingerprint density at radius 1 is 1.63 bits per heavy atom. The monoisotopic (exact) mass is 262 g/mol. The highest BCUT2D eigenvalue weighted by Crippen LogP contribution is 2.15. The van der Waals surface area contributed by atoms with Crippen LogP contribution in [0.1, 0.15) is 11.1 Å². The van der Waals surface area contributed by atoms with Crippen LogP contribution in [0.3, 0.4) is 0 Å². The molecule has 0 radical (unpaired) electrons. The van der Waals surface area contributed by atoms with E-state index in [1.807, 2.05) is 11.0 Å². The van der Waals surface area contributed by atoms with Crippen LogP contribution in [0.25, 0.3) is 0 Å². The fourth-order valence-corrected chi connectivity index (χ4v) is 2.20. The van der Waals surface area contributed by atoms with Gasteiger partial charge >= 0.3 is 0 Å². The van der Waals surface area contributed by atoms with E-state index < -0.39 is 11.9 Å². The number of benzene rings is 1. The normalized spacial score (nSPS) is 19.9. The number of piperazine rings is 1. The third kappa shape index (κ3) is 3.08. The fourth-order valence-electron chi connectivity index (χ4n) is 2.20. The molecule has 1 aromatic rings. The zero-order valence-electron chi connectivity index (χ0n) is 10.4. The van der Waals surface area contributed by atoms with Gasteiger partial charge in [0.2, 0.25) is 5.91 Å². The molecule has 1 heterocycles. The van der Waals surface area contributed by atoms with Gasteiger partial charge in [0, 0.05) is 31.7 Å². The second-order valence-corrected chi connectivity index (χ2v) is 4.51. The third-order valence-electron chi connectivity index (χ3n) is 3.23. The summed E-state index contributed by atoms with van der Waals surface area (Å²) in [6, 6.07) is 5.75. The number of hydrogen-bond acceptors (Lipinski definition) is 4. The van der Waals surface area contributed by atoms with Gasteiger partial charge in [0.05, 0.1) is 11.6 Å². The molecule has 0 bridgehead atoms. The number of carbonyl (C=O) groups excluding carboxylic acids is 1. The number of nitrogens with two attached hydrogens (primary N) is 1. The largest absolute Gasteiger partial charge is 0.368 e. The maximum Gasteiger partial charge on any atom is 0.236 e. The minimum absolute atomic E-state index is 0.274. The smallest absolute Gasteiger partial charge is 0.236 e. The molecular weight excluding hydrogens is 247 g/mol. The van der Waals surface area contributed by atoms with Gasteiger partial charge in [0.25, 0.3) is 0 Å². The van der Waals surface area contributed by atoms with Gasteiger partial charge in [-0.1, -0.05) is 0 Å². The van der Waals surface area contributed by atoms with Crippen LogP contribution in [0.4, 0.5) is 4.39 Å². The number of halogens is 1. The third-order valence-corrected chi connectivity index (χ3v) is 3.23. The van der Waals surface area contributed by atoms with Gasteiger partial charge in [-0.2, -0.15) is 5.26 Å². The zero-order chi connectivity index (χ0) is 13.8. The average molecular weight is 262 g/mol. The van der Waals surface area contributed by atoms with Crippen molar-refractivity contribution in [3.63, 3.8) is 0 Å². The Labute approximate surface area is 110 Å². The van der Waals surface area contributed by atoms with E-state index in [9.17, 15) is 9.18 Å². The van der Waals surface area contributed by atoms with Crippen molar-refractivity contribution in [2.75, 3.05) is 19.6 Å². The lowest BCUT2D eigenvalue weighted by Crippen LogP contribution is -2.56. The summed E-state index contributed by atoms with van der Waals surface area (Å²) in [6.07, 6.45) is 0. The number of nitrogens with one attached hydrogen (secondary N) is 1. The van der Waals surface area contributed by atoms with Gasteiger partial charge in [0.1, 0.15) is 11.9 Å². The van der Waals surface area contributed by atoms with Gasteiger partial charge in [0.15, 0.2) is 0 Å². The Balaban J connectivity index is 2.19. The minimum Gasteiger partial charge on any atom is -0.368 e. The second kappa shape index (κ2) is 5.78. The molecule has 1 unspecified atom stereocenters. The molecule has 5 nitrogen and oxygen atoms in total. The molecule has 0 aromatic heterocycles. The summed E-state index contributed by atoms with van der Waals surface area (Å²) in [5.41, 5.74) is 6.15. The predicted molar refractivity (Wildman–Crippen MR) is 67.4 cm³/mol. The predicted octanol–water partition coefficient (Wildman–Crippen LogP) is -0.0435. The van der Waals surface area contributed by atoms with Crippen LogP contribution in [0.15, 0.2) is 18.2 Å². The SMILES string of the molecule is N#Cc1ccc(F)c(CN2CCNCC2C(N)=O)c1. The molecule has 0 saturated carbocycles. The molecule has 1 amide bonds. The number of carbonyl (C=O) groups is 1. The first-order chi connectivity index (χ1) is 9.11. The Bertz CT molecular complexity index is 526. The molecule has 2 rings (SSSR count). The van der Waals surface area contributed by atoms with Crippen LogP contribution in [-0.4, -0.2) is 36.5 Å². The average Bonchev–Trinajstić information content (AvgIpc) is 2.41. The van der Waals surface area contributed by atoms with Crippen molar-refractivity contribution in [3.05, 3.63) is 35.1 Å². The summed E-state index contributed by atoms with van der Waals surface area (Å²) in [7, 11) is 0. The van der Waals surface area contributed by atoms with Crippen molar-refractivity contribution >= 4 is 5.91 Å². The van der Waals surface area contributed by atoms with Gasteiger partial charge < -0.3 is 11.1 Å². The van der Waals surface area contributed by atoms with Crippen molar-refractivity contribution in [3.8, 4) is 6.07 Å². The van der Waals surface area contributed by atoms with Crippen molar-refractivity contribution in [2.24, 2.45) is 5.73 Å². The minimum atomic E-state index is -0.445. The van der Waals surface area contributed by atoms with E-state index in [0.29, 0.717) is 24.2 Å². The van der Waals surface area contributed by atoms with E-state index in [4.69, 9.17) is 11.0 Å². The van der Waals surface area contributed by atoms with E-state index in [1.54, 1.807) is 0 Å². The zero-order valence-corrected chi connectivity index (χ0v) is 10.4. The van der Waals surface area contributed by atoms with Crippen molar-refractivity contribution < 1.29 is 9.18 Å². The Morgan fingerprint density at radius 2 is 2.42 bits per heavy atom. The van der Waals surface area contributed by atoms with Crippen LogP contribution < -0.4 is 11.1 Å². The molecule has 19 heavy (non-hydrogen) atoms. The van der Waals surface area contributed by atoms with Gasteiger partial charge in [-0.15, -0.1) is 0 Å². The maximum absolute atomic E-state index is 13.7. The first-order valence-corrected chi connectivity index (χ1v) is 6.04. The molecule has 1 fully saturated rings. The summed E-state index contributed by atoms with van der Waals surface area (Å²) in [5, 5.41) is 11.9. The molecule has 100 valence electrons. The topological polar surface area (TPSA) is 82.2 Å². The quantitative estimate of drug-likeness (QED) is 0.800. The van der Waals surface area contributed by atoms with E-state index >= 15 is 0 Å². The lowest BCUT2D eigenvalue weighted by molar-refractivity contribution is -0.124. The summed E-state index contributed by atoms with van der Waals surface area (Å²) in [5.74, 6) is -0.801. The van der Waals surface area contributed by atoms with Crippen molar-refractivity contribution in [1.29, 1.82) is 5.26 Å². The number of hydrogen-bond donors (Lipinski definition) is 2. The highest BCUT2D eigenvalue weighted by Gasteiger charge is 2.27. The van der Waals surface area contributed by atoms with E-state index in [2.05, 4.69) is 5.32 Å². The molecule has 1 aromatic carbocycles. The fraction of sp³-hybridized carbons (Fsp3) is 0.385. The Kier molecular flexibility index (Phi) is 4.10. The lowest BCUT2D eigenvalue weighted by atomic mass is 10.1. The molecule has 6 heteroatoms. The number of nitrogens with zero attached hydrogens (tertiary/aromatic N) is 2. The van der Waals surface area contributed by atoms with Crippen LogP contribution in [0.5, 0.6) is 0 Å². The Morgan fingerprint density at radius 3 is 3.11 bits per heavy atom. The van der Waals surface area contributed by atoms with E-state index in [0.717, 1.165) is 6.54 Å². The van der Waals surface area contributed by atoms with Crippen LogP contribution in [-0.2, 0) is 11.3 Å². The molecule has 3 N–H and O–H groups in total. The number of primary amides is 1. The summed E-state index contributed by atoms with van der Waals surface area (Å²) < 4.78 is 13.7. The number of nitriles is 1. The molecule has 1 atom stereocenters. The second-order valence-electron chi connectivity index (χ2n) is 4.51. The van der Waals surface area contributed by atoms with Gasteiger partial charge in [-0.25, -0.2) is 4.39 Å². The van der Waals surface area contributed by atoms with Gasteiger partial charge in [-0.3, -0.25) is 9.69 Å². The van der Waals surface area contributed by atoms with E-state index in [-0.39, 0.29) is 12.4 Å². The highest BCUT2D eigenvalue weighted by atomic mass is 19.1. The van der Waals surface area contributed by atoms with Crippen LogP contribution >= 0.6 is 0 Å². The summed E-state index contributed by atoms with van der Waals surface area (Å²) in [4.78, 5) is 13.2. The molecule has 1 aliphatic rings. The van der Waals surface area contributed by atoms with Crippen LogP contribution in [0.2, 0.25) is 0 Å². The lowest BCUT2D eigenvalue weighted by Gasteiger charge is -2.34. The maximum atomic E-state index is 13.7. The number of amides is 1. The summed E-state index contributed by atoms with van der Waals surface area (Å²) in [6.45, 7) is 2.08. The summed E-state index contributed by atoms with van der Waals surface area (Å²) >= 11 is 0. The molecule has 1 saturated heterocycles. The number of rotatable bonds is 3. The van der Waals surface area contributed by atoms with Crippen molar-refractivity contribution in [2.45, 2.75) is 12.6 Å². The first-order valence-electron chi connectivity index (χ1n) is 6.04. The first kappa shape index (κ1) is 13.5. The van der Waals surface area contributed by atoms with E-state index in [1.165, 1.54) is 18.2 Å². The van der Waals surface area contributed by atoms with Gasteiger partial charge in [-0.05, 0) is 18.2 Å². The standard InChI is InChI=1S/C13H15FN4O/c14-11-2-1-9(6-15)5-10(11)8-18-4-3-17-7-12(18)13(16)19/h1-2,5,12,17H,3-4,7-8H2,(H2,16,19). The molecular formula is C13H15FN4O. The Hall–Kier alpha value is -1.97. The van der Waals surface area contributed by atoms with Crippen molar-refractivity contribution in [1.82, 2.24) is 10.2 Å². The van der Waals surface area contributed by atoms with Crippen LogP contribution in [0, 0.1) is 17.1 Å². The highest BCUT2D eigenvalue weighted by molar-refractivity contribution is 5.80. The molecule has 1 aliphatic heterocycles.